The standard InChI is InChI=1S/C17H22N4O2S/c1-11-18-17-21(19-11)16(22)15(24-17)14(13-9-6-10-23-13)20(2)12-7-4-3-5-8-12/h6,9-10,12,14,22H,3-5,7-8H2,1-2H3. The zero-order valence-electron chi connectivity index (χ0n) is 14.0. The molecule has 4 rings (SSSR count). The van der Waals surface area contributed by atoms with Crippen LogP contribution in [0, 0.1) is 6.92 Å². The van der Waals surface area contributed by atoms with Crippen LogP contribution in [0.4, 0.5) is 0 Å². The largest absolute Gasteiger partial charge is 0.492 e. The SMILES string of the molecule is Cc1nc2sc(C(c3ccco3)N(C)C3CCCCC3)c(O)n2n1. The van der Waals surface area contributed by atoms with Gasteiger partial charge in [-0.25, -0.2) is 4.98 Å². The monoisotopic (exact) mass is 346 g/mol. The number of thiazole rings is 1. The van der Waals surface area contributed by atoms with Crippen LogP contribution >= 0.6 is 11.3 Å². The molecule has 1 aliphatic carbocycles. The molecule has 6 nitrogen and oxygen atoms in total. The fourth-order valence-electron chi connectivity index (χ4n) is 3.69. The van der Waals surface area contributed by atoms with E-state index in [1.165, 1.54) is 48.0 Å². The smallest absolute Gasteiger partial charge is 0.230 e. The van der Waals surface area contributed by atoms with E-state index in [1.54, 1.807) is 6.26 Å². The van der Waals surface area contributed by atoms with Gasteiger partial charge < -0.3 is 9.52 Å². The summed E-state index contributed by atoms with van der Waals surface area (Å²) in [7, 11) is 2.13. The maximum absolute atomic E-state index is 10.7. The lowest BCUT2D eigenvalue weighted by molar-refractivity contribution is 0.143. The fourth-order valence-corrected chi connectivity index (χ4v) is 4.85. The topological polar surface area (TPSA) is 66.8 Å². The molecular formula is C17H22N4O2S. The first kappa shape index (κ1) is 15.7. The van der Waals surface area contributed by atoms with Crippen LogP contribution in [-0.2, 0) is 0 Å². The van der Waals surface area contributed by atoms with Crippen LogP contribution in [0.2, 0.25) is 0 Å². The van der Waals surface area contributed by atoms with Crippen molar-refractivity contribution in [1.29, 1.82) is 0 Å². The van der Waals surface area contributed by atoms with E-state index in [1.807, 2.05) is 19.1 Å². The van der Waals surface area contributed by atoms with Gasteiger partial charge >= 0.3 is 0 Å². The summed E-state index contributed by atoms with van der Waals surface area (Å²) in [6.45, 7) is 1.83. The van der Waals surface area contributed by atoms with Crippen molar-refractivity contribution in [2.45, 2.75) is 51.1 Å². The van der Waals surface area contributed by atoms with Crippen LogP contribution in [0.3, 0.4) is 0 Å². The average molecular weight is 346 g/mol. The molecule has 3 heterocycles. The predicted octanol–water partition coefficient (Wildman–Crippen LogP) is 3.75. The number of aromatic nitrogens is 3. The molecule has 128 valence electrons. The highest BCUT2D eigenvalue weighted by Crippen LogP contribution is 2.41. The van der Waals surface area contributed by atoms with Crippen molar-refractivity contribution in [3.8, 4) is 5.88 Å². The molecule has 1 N–H and O–H groups in total. The molecule has 3 aromatic heterocycles. The Balaban J connectivity index is 1.76. The number of aryl methyl sites for hydroxylation is 1. The van der Waals surface area contributed by atoms with Gasteiger partial charge in [-0.05, 0) is 38.9 Å². The molecule has 1 fully saturated rings. The number of fused-ring (bicyclic) bond motifs is 1. The number of rotatable bonds is 4. The highest BCUT2D eigenvalue weighted by Gasteiger charge is 2.33. The summed E-state index contributed by atoms with van der Waals surface area (Å²) >= 11 is 1.48. The second-order valence-electron chi connectivity index (χ2n) is 6.52. The van der Waals surface area contributed by atoms with Crippen molar-refractivity contribution in [2.24, 2.45) is 0 Å². The Morgan fingerprint density at radius 1 is 1.38 bits per heavy atom. The van der Waals surface area contributed by atoms with E-state index in [0.717, 1.165) is 10.6 Å². The van der Waals surface area contributed by atoms with Gasteiger partial charge in [-0.15, -0.1) is 5.10 Å². The second kappa shape index (κ2) is 6.22. The summed E-state index contributed by atoms with van der Waals surface area (Å²) in [4.78, 5) is 8.29. The van der Waals surface area contributed by atoms with Gasteiger partial charge in [0.2, 0.25) is 10.8 Å². The predicted molar refractivity (Wildman–Crippen MR) is 92.5 cm³/mol. The molecule has 0 aromatic carbocycles. The van der Waals surface area contributed by atoms with E-state index in [0.29, 0.717) is 16.8 Å². The number of nitrogens with zero attached hydrogens (tertiary/aromatic N) is 4. The molecule has 1 saturated carbocycles. The van der Waals surface area contributed by atoms with Crippen LogP contribution in [-0.4, -0.2) is 37.7 Å². The first-order valence-electron chi connectivity index (χ1n) is 8.45. The summed E-state index contributed by atoms with van der Waals surface area (Å²) in [5.74, 6) is 1.68. The highest BCUT2D eigenvalue weighted by molar-refractivity contribution is 7.17. The number of hydrogen-bond acceptors (Lipinski definition) is 6. The number of hydrogen-bond donors (Lipinski definition) is 1. The van der Waals surface area contributed by atoms with Gasteiger partial charge in [0, 0.05) is 6.04 Å². The maximum Gasteiger partial charge on any atom is 0.230 e. The molecule has 24 heavy (non-hydrogen) atoms. The molecule has 0 radical (unpaired) electrons. The molecule has 3 aromatic rings. The summed E-state index contributed by atoms with van der Waals surface area (Å²) in [5, 5.41) is 15.0. The van der Waals surface area contributed by atoms with E-state index in [-0.39, 0.29) is 11.9 Å². The lowest BCUT2D eigenvalue weighted by Crippen LogP contribution is -2.36. The first-order chi connectivity index (χ1) is 11.6. The Hall–Kier alpha value is -1.86. The lowest BCUT2D eigenvalue weighted by Gasteiger charge is -2.35. The Labute approximate surface area is 144 Å². The van der Waals surface area contributed by atoms with E-state index in [4.69, 9.17) is 4.42 Å². The molecular weight excluding hydrogens is 324 g/mol. The normalized spacial score (nSPS) is 17.8. The van der Waals surface area contributed by atoms with Crippen molar-refractivity contribution in [2.75, 3.05) is 7.05 Å². The molecule has 0 spiro atoms. The molecule has 0 amide bonds. The minimum atomic E-state index is -0.114. The van der Waals surface area contributed by atoms with Crippen LogP contribution in [0.1, 0.15) is 54.6 Å². The van der Waals surface area contributed by atoms with Gasteiger partial charge in [-0.1, -0.05) is 30.6 Å². The Kier molecular flexibility index (Phi) is 4.05. The number of aromatic hydroxyl groups is 1. The van der Waals surface area contributed by atoms with Crippen molar-refractivity contribution >= 4 is 16.3 Å². The molecule has 1 unspecified atom stereocenters. The van der Waals surface area contributed by atoms with Gasteiger partial charge in [-0.2, -0.15) is 4.52 Å². The molecule has 0 saturated heterocycles. The molecule has 0 aliphatic heterocycles. The minimum Gasteiger partial charge on any atom is -0.492 e. The highest BCUT2D eigenvalue weighted by atomic mass is 32.1. The Morgan fingerprint density at radius 2 is 2.17 bits per heavy atom. The van der Waals surface area contributed by atoms with Gasteiger partial charge in [0.05, 0.1) is 11.1 Å². The second-order valence-corrected chi connectivity index (χ2v) is 7.53. The van der Waals surface area contributed by atoms with E-state index >= 15 is 0 Å². The van der Waals surface area contributed by atoms with Gasteiger partial charge in [0.25, 0.3) is 0 Å². The molecule has 0 bridgehead atoms. The van der Waals surface area contributed by atoms with Crippen molar-refractivity contribution in [1.82, 2.24) is 19.5 Å². The minimum absolute atomic E-state index is 0.114. The lowest BCUT2D eigenvalue weighted by atomic mass is 9.93. The summed E-state index contributed by atoms with van der Waals surface area (Å²) < 4.78 is 7.24. The van der Waals surface area contributed by atoms with E-state index < -0.39 is 0 Å². The third-order valence-corrected chi connectivity index (χ3v) is 6.00. The van der Waals surface area contributed by atoms with Crippen molar-refractivity contribution < 1.29 is 9.52 Å². The molecule has 1 atom stereocenters. The van der Waals surface area contributed by atoms with Crippen LogP contribution in [0.5, 0.6) is 5.88 Å². The van der Waals surface area contributed by atoms with E-state index in [9.17, 15) is 5.11 Å². The van der Waals surface area contributed by atoms with Crippen molar-refractivity contribution in [3.05, 3.63) is 34.9 Å². The summed E-state index contributed by atoms with van der Waals surface area (Å²) in [5.41, 5.74) is 0. The third-order valence-electron chi connectivity index (χ3n) is 4.92. The first-order valence-corrected chi connectivity index (χ1v) is 9.27. The van der Waals surface area contributed by atoms with Crippen LogP contribution < -0.4 is 0 Å². The summed E-state index contributed by atoms with van der Waals surface area (Å²) in [6.07, 6.45) is 7.91. The summed E-state index contributed by atoms with van der Waals surface area (Å²) in [6, 6.07) is 4.26. The third kappa shape index (κ3) is 2.61. The van der Waals surface area contributed by atoms with Crippen LogP contribution in [0.25, 0.3) is 4.96 Å². The van der Waals surface area contributed by atoms with Crippen molar-refractivity contribution in [3.63, 3.8) is 0 Å². The Bertz CT molecular complexity index is 817. The number of furan rings is 1. The average Bonchev–Trinajstić information content (AvgIpc) is 3.29. The van der Waals surface area contributed by atoms with E-state index in [2.05, 4.69) is 22.0 Å². The maximum atomic E-state index is 10.7. The zero-order chi connectivity index (χ0) is 16.7. The Morgan fingerprint density at radius 3 is 2.83 bits per heavy atom. The molecule has 7 heteroatoms. The quantitative estimate of drug-likeness (QED) is 0.779. The van der Waals surface area contributed by atoms with Crippen LogP contribution in [0.15, 0.2) is 22.8 Å². The zero-order valence-corrected chi connectivity index (χ0v) is 14.8. The fraction of sp³-hybridized carbons (Fsp3) is 0.529. The molecule has 1 aliphatic rings. The van der Waals surface area contributed by atoms with Gasteiger partial charge in [0.15, 0.2) is 0 Å². The van der Waals surface area contributed by atoms with Gasteiger partial charge in [0.1, 0.15) is 17.6 Å². The van der Waals surface area contributed by atoms with Gasteiger partial charge in [-0.3, -0.25) is 4.90 Å².